The maximum atomic E-state index is 13.0. The fraction of sp³-hybridized carbons (Fsp3) is 0.600. The van der Waals surface area contributed by atoms with Crippen LogP contribution < -0.4 is 5.32 Å². The molecule has 21 heavy (non-hydrogen) atoms. The summed E-state index contributed by atoms with van der Waals surface area (Å²) in [5.41, 5.74) is -0.339. The van der Waals surface area contributed by atoms with Crippen molar-refractivity contribution in [2.24, 2.45) is 5.92 Å². The maximum absolute atomic E-state index is 13.0. The van der Waals surface area contributed by atoms with Crippen LogP contribution >= 0.6 is 0 Å². The molecule has 0 aliphatic rings. The van der Waals surface area contributed by atoms with Gasteiger partial charge in [-0.25, -0.2) is 8.78 Å². The van der Waals surface area contributed by atoms with Gasteiger partial charge >= 0.3 is 0 Å². The molecule has 1 unspecified atom stereocenters. The van der Waals surface area contributed by atoms with Crippen LogP contribution in [0.25, 0.3) is 0 Å². The molecule has 0 aromatic heterocycles. The molecule has 0 aliphatic carbocycles. The van der Waals surface area contributed by atoms with Gasteiger partial charge < -0.3 is 5.32 Å². The van der Waals surface area contributed by atoms with E-state index < -0.39 is 11.3 Å². The lowest BCUT2D eigenvalue weighted by Gasteiger charge is -2.18. The molecule has 0 aliphatic heterocycles. The number of nitrogens with zero attached hydrogens (tertiary/aromatic N) is 1. The van der Waals surface area contributed by atoms with E-state index in [1.165, 1.54) is 12.1 Å². The quantitative estimate of drug-likeness (QED) is 0.506. The minimum atomic E-state index is -2.73. The Labute approximate surface area is 123 Å². The van der Waals surface area contributed by atoms with Gasteiger partial charge in [0.05, 0.1) is 4.92 Å². The van der Waals surface area contributed by atoms with Crippen LogP contribution in [0.3, 0.4) is 0 Å². The zero-order chi connectivity index (χ0) is 15.8. The number of halogens is 2. The summed E-state index contributed by atoms with van der Waals surface area (Å²) < 4.78 is 26.0. The van der Waals surface area contributed by atoms with Crippen LogP contribution in [0.1, 0.15) is 51.5 Å². The summed E-state index contributed by atoms with van der Waals surface area (Å²) in [6.07, 6.45) is 1.52. The Morgan fingerprint density at radius 2 is 2.05 bits per heavy atom. The first-order valence-corrected chi connectivity index (χ1v) is 7.29. The Balaban J connectivity index is 2.80. The SMILES string of the molecule is CCCCC(CC)CNc1ccc([N+](=O)[O-])cc1C(F)F. The van der Waals surface area contributed by atoms with Crippen molar-refractivity contribution < 1.29 is 13.7 Å². The molecule has 4 nitrogen and oxygen atoms in total. The molecule has 1 aromatic carbocycles. The number of non-ortho nitro benzene ring substituents is 1. The Bertz CT molecular complexity index is 467. The van der Waals surface area contributed by atoms with Gasteiger partial charge in [-0.1, -0.05) is 33.1 Å². The molecule has 0 saturated carbocycles. The van der Waals surface area contributed by atoms with Gasteiger partial charge in [0.2, 0.25) is 0 Å². The van der Waals surface area contributed by atoms with E-state index in [0.29, 0.717) is 12.5 Å². The molecule has 0 saturated heterocycles. The monoisotopic (exact) mass is 300 g/mol. The van der Waals surface area contributed by atoms with Gasteiger partial charge in [-0.3, -0.25) is 10.1 Å². The number of nitro benzene ring substituents is 1. The normalized spacial score (nSPS) is 12.4. The van der Waals surface area contributed by atoms with Crippen LogP contribution in [0.15, 0.2) is 18.2 Å². The number of rotatable bonds is 9. The van der Waals surface area contributed by atoms with E-state index in [-0.39, 0.29) is 16.9 Å². The predicted molar refractivity (Wildman–Crippen MR) is 79.8 cm³/mol. The summed E-state index contributed by atoms with van der Waals surface area (Å²) in [5, 5.41) is 13.7. The van der Waals surface area contributed by atoms with Crippen molar-refractivity contribution >= 4 is 11.4 Å². The highest BCUT2D eigenvalue weighted by atomic mass is 19.3. The van der Waals surface area contributed by atoms with Crippen LogP contribution in [-0.4, -0.2) is 11.5 Å². The second kappa shape index (κ2) is 8.54. The lowest BCUT2D eigenvalue weighted by Crippen LogP contribution is -2.14. The summed E-state index contributed by atoms with van der Waals surface area (Å²) in [6, 6.07) is 3.56. The van der Waals surface area contributed by atoms with Crippen LogP contribution in [0.5, 0.6) is 0 Å². The molecular weight excluding hydrogens is 278 g/mol. The Morgan fingerprint density at radius 1 is 1.33 bits per heavy atom. The Morgan fingerprint density at radius 3 is 2.57 bits per heavy atom. The van der Waals surface area contributed by atoms with Gasteiger partial charge in [0.1, 0.15) is 0 Å². The van der Waals surface area contributed by atoms with Crippen LogP contribution in [-0.2, 0) is 0 Å². The molecular formula is C15H22F2N2O2. The van der Waals surface area contributed by atoms with Gasteiger partial charge in [-0.15, -0.1) is 0 Å². The van der Waals surface area contributed by atoms with E-state index in [1.807, 2.05) is 0 Å². The maximum Gasteiger partial charge on any atom is 0.270 e. The van der Waals surface area contributed by atoms with E-state index in [2.05, 4.69) is 19.2 Å². The first-order chi connectivity index (χ1) is 9.99. The fourth-order valence-electron chi connectivity index (χ4n) is 2.20. The summed E-state index contributed by atoms with van der Waals surface area (Å²) in [7, 11) is 0. The number of nitrogens with one attached hydrogen (secondary N) is 1. The molecule has 1 aromatic rings. The molecule has 0 amide bonds. The van der Waals surface area contributed by atoms with Gasteiger partial charge in [0.25, 0.3) is 12.1 Å². The minimum absolute atomic E-state index is 0.283. The van der Waals surface area contributed by atoms with E-state index in [9.17, 15) is 18.9 Å². The molecule has 6 heteroatoms. The van der Waals surface area contributed by atoms with E-state index in [4.69, 9.17) is 0 Å². The lowest BCUT2D eigenvalue weighted by atomic mass is 9.99. The zero-order valence-corrected chi connectivity index (χ0v) is 12.4. The van der Waals surface area contributed by atoms with E-state index >= 15 is 0 Å². The first-order valence-electron chi connectivity index (χ1n) is 7.29. The van der Waals surface area contributed by atoms with Gasteiger partial charge in [0, 0.05) is 29.9 Å². The number of benzene rings is 1. The summed E-state index contributed by atoms with van der Waals surface area (Å²) in [4.78, 5) is 10.00. The molecule has 1 N–H and O–H groups in total. The largest absolute Gasteiger partial charge is 0.384 e. The molecule has 118 valence electrons. The standard InChI is InChI=1S/C15H22F2N2O2/c1-3-5-6-11(4-2)10-18-14-8-7-12(19(20)21)9-13(14)15(16)17/h7-9,11,15,18H,3-6,10H2,1-2H3. The molecule has 0 heterocycles. The molecule has 0 fully saturated rings. The van der Waals surface area contributed by atoms with Crippen LogP contribution in [0.2, 0.25) is 0 Å². The van der Waals surface area contributed by atoms with Crippen molar-refractivity contribution in [3.63, 3.8) is 0 Å². The number of unbranched alkanes of at least 4 members (excludes halogenated alkanes) is 1. The highest BCUT2D eigenvalue weighted by Crippen LogP contribution is 2.31. The zero-order valence-electron chi connectivity index (χ0n) is 12.4. The number of hydrogen-bond donors (Lipinski definition) is 1. The number of alkyl halides is 2. The molecule has 1 rings (SSSR count). The van der Waals surface area contributed by atoms with E-state index in [0.717, 1.165) is 31.7 Å². The molecule has 0 spiro atoms. The Hall–Kier alpha value is -1.72. The van der Waals surface area contributed by atoms with Crippen molar-refractivity contribution in [3.05, 3.63) is 33.9 Å². The molecule has 1 atom stereocenters. The first kappa shape index (κ1) is 17.3. The molecule has 0 radical (unpaired) electrons. The van der Waals surface area contributed by atoms with E-state index in [1.54, 1.807) is 0 Å². The second-order valence-electron chi connectivity index (χ2n) is 5.13. The fourth-order valence-corrected chi connectivity index (χ4v) is 2.20. The third-order valence-corrected chi connectivity index (χ3v) is 3.61. The van der Waals surface area contributed by atoms with Crippen LogP contribution in [0.4, 0.5) is 20.2 Å². The van der Waals surface area contributed by atoms with Crippen molar-refractivity contribution in [1.29, 1.82) is 0 Å². The van der Waals surface area contributed by atoms with Gasteiger partial charge in [-0.05, 0) is 18.4 Å². The highest BCUT2D eigenvalue weighted by molar-refractivity contribution is 5.56. The third kappa shape index (κ3) is 5.28. The number of anilines is 1. The van der Waals surface area contributed by atoms with Crippen molar-refractivity contribution in [3.8, 4) is 0 Å². The topological polar surface area (TPSA) is 55.2 Å². The summed E-state index contributed by atoms with van der Waals surface area (Å²) in [6.45, 7) is 4.80. The predicted octanol–water partition coefficient (Wildman–Crippen LogP) is 5.16. The second-order valence-corrected chi connectivity index (χ2v) is 5.13. The van der Waals surface area contributed by atoms with Gasteiger partial charge in [0.15, 0.2) is 0 Å². The lowest BCUT2D eigenvalue weighted by molar-refractivity contribution is -0.385. The van der Waals surface area contributed by atoms with Crippen LogP contribution in [0, 0.1) is 16.0 Å². The number of nitro groups is 1. The highest BCUT2D eigenvalue weighted by Gasteiger charge is 2.18. The summed E-state index contributed by atoms with van der Waals surface area (Å²) in [5.74, 6) is 0.422. The summed E-state index contributed by atoms with van der Waals surface area (Å²) >= 11 is 0. The Kier molecular flexibility index (Phi) is 7.05. The minimum Gasteiger partial charge on any atom is -0.384 e. The average Bonchev–Trinajstić information content (AvgIpc) is 2.47. The smallest absolute Gasteiger partial charge is 0.270 e. The van der Waals surface area contributed by atoms with Crippen molar-refractivity contribution in [1.82, 2.24) is 0 Å². The van der Waals surface area contributed by atoms with Crippen molar-refractivity contribution in [2.75, 3.05) is 11.9 Å². The number of hydrogen-bond acceptors (Lipinski definition) is 3. The van der Waals surface area contributed by atoms with Gasteiger partial charge in [-0.2, -0.15) is 0 Å². The average molecular weight is 300 g/mol. The third-order valence-electron chi connectivity index (χ3n) is 3.61. The van der Waals surface area contributed by atoms with Crippen molar-refractivity contribution in [2.45, 2.75) is 46.0 Å². The molecule has 0 bridgehead atoms.